The van der Waals surface area contributed by atoms with Gasteiger partial charge in [-0.1, -0.05) is 0 Å². The molecule has 0 aliphatic carbocycles. The molecule has 68 valence electrons. The maximum absolute atomic E-state index is 3.22. The fourth-order valence-corrected chi connectivity index (χ4v) is 1.17. The molecule has 12 heavy (non-hydrogen) atoms. The van der Waals surface area contributed by atoms with E-state index in [1.54, 1.807) is 0 Å². The predicted octanol–water partition coefficient (Wildman–Crippen LogP) is 2.35. The summed E-state index contributed by atoms with van der Waals surface area (Å²) in [4.78, 5) is 0. The van der Waals surface area contributed by atoms with Crippen LogP contribution in [0.1, 0.15) is 38.4 Å². The van der Waals surface area contributed by atoms with E-state index in [-0.39, 0.29) is 0 Å². The number of rotatable bonds is 3. The second-order valence-electron chi connectivity index (χ2n) is 3.50. The number of hydrogen-bond acceptors (Lipinski definition) is 1. The Bertz CT molecular complexity index is 238. The summed E-state index contributed by atoms with van der Waals surface area (Å²) in [5, 5.41) is 3.22. The Kier molecular flexibility index (Phi) is 2.93. The lowest BCUT2D eigenvalue weighted by molar-refractivity contribution is 0.594. The van der Waals surface area contributed by atoms with Gasteiger partial charge in [-0.15, -0.1) is 0 Å². The van der Waals surface area contributed by atoms with E-state index in [9.17, 15) is 0 Å². The third kappa shape index (κ3) is 1.89. The normalized spacial score (nSPS) is 13.8. The standard InChI is InChI=1S/C10H18N2/c1-8(2)12-6-5-10(7-12)9(3)11-4/h5-9,11H,1-4H3/t9-/m1/s1. The zero-order valence-corrected chi connectivity index (χ0v) is 8.33. The monoisotopic (exact) mass is 166 g/mol. The molecule has 1 N–H and O–H groups in total. The molecule has 2 nitrogen and oxygen atoms in total. The number of nitrogens with one attached hydrogen (secondary N) is 1. The zero-order valence-electron chi connectivity index (χ0n) is 8.33. The van der Waals surface area contributed by atoms with E-state index >= 15 is 0 Å². The Hall–Kier alpha value is -0.760. The summed E-state index contributed by atoms with van der Waals surface area (Å²) < 4.78 is 2.23. The molecule has 0 radical (unpaired) electrons. The Morgan fingerprint density at radius 1 is 1.33 bits per heavy atom. The van der Waals surface area contributed by atoms with Crippen LogP contribution in [0.25, 0.3) is 0 Å². The van der Waals surface area contributed by atoms with E-state index < -0.39 is 0 Å². The number of nitrogens with zero attached hydrogens (tertiary/aromatic N) is 1. The molecule has 0 bridgehead atoms. The quantitative estimate of drug-likeness (QED) is 0.729. The Balaban J connectivity index is 2.77. The van der Waals surface area contributed by atoms with Crippen LogP contribution in [0, 0.1) is 0 Å². The molecule has 0 spiro atoms. The first kappa shape index (κ1) is 9.33. The highest BCUT2D eigenvalue weighted by Gasteiger charge is 2.04. The summed E-state index contributed by atoms with van der Waals surface area (Å²) in [5.74, 6) is 0. The van der Waals surface area contributed by atoms with Gasteiger partial charge in [0, 0.05) is 24.5 Å². The SMILES string of the molecule is CN[C@H](C)c1ccn(C(C)C)c1. The molecule has 0 saturated carbocycles. The average molecular weight is 166 g/mol. The van der Waals surface area contributed by atoms with Crippen molar-refractivity contribution >= 4 is 0 Å². The van der Waals surface area contributed by atoms with E-state index in [0.717, 1.165) is 0 Å². The lowest BCUT2D eigenvalue weighted by atomic mass is 10.2. The molecule has 0 fully saturated rings. The van der Waals surface area contributed by atoms with Gasteiger partial charge in [-0.25, -0.2) is 0 Å². The Labute approximate surface area is 74.6 Å². The third-order valence-corrected chi connectivity index (χ3v) is 2.27. The van der Waals surface area contributed by atoms with Crippen molar-refractivity contribution in [3.8, 4) is 0 Å². The lowest BCUT2D eigenvalue weighted by Gasteiger charge is -2.08. The van der Waals surface area contributed by atoms with E-state index in [4.69, 9.17) is 0 Å². The molecule has 1 aromatic rings. The zero-order chi connectivity index (χ0) is 9.14. The largest absolute Gasteiger partial charge is 0.351 e. The van der Waals surface area contributed by atoms with Crippen molar-refractivity contribution in [3.63, 3.8) is 0 Å². The van der Waals surface area contributed by atoms with Gasteiger partial charge in [0.2, 0.25) is 0 Å². The maximum Gasteiger partial charge on any atom is 0.0304 e. The topological polar surface area (TPSA) is 17.0 Å². The van der Waals surface area contributed by atoms with Crippen LogP contribution < -0.4 is 5.32 Å². The van der Waals surface area contributed by atoms with Crippen molar-refractivity contribution in [1.82, 2.24) is 9.88 Å². The first-order valence-corrected chi connectivity index (χ1v) is 4.49. The fraction of sp³-hybridized carbons (Fsp3) is 0.600. The number of aromatic nitrogens is 1. The van der Waals surface area contributed by atoms with Gasteiger partial charge in [-0.2, -0.15) is 0 Å². The molecule has 0 saturated heterocycles. The van der Waals surface area contributed by atoms with Crippen LogP contribution in [0.15, 0.2) is 18.5 Å². The highest BCUT2D eigenvalue weighted by atomic mass is 15.0. The van der Waals surface area contributed by atoms with Crippen LogP contribution in [-0.2, 0) is 0 Å². The van der Waals surface area contributed by atoms with Crippen molar-refractivity contribution in [2.24, 2.45) is 0 Å². The molecule has 0 aromatic carbocycles. The van der Waals surface area contributed by atoms with Crippen LogP contribution in [0.4, 0.5) is 0 Å². The van der Waals surface area contributed by atoms with Gasteiger partial charge in [-0.3, -0.25) is 0 Å². The molecule has 0 aliphatic heterocycles. The molecule has 1 heterocycles. The van der Waals surface area contributed by atoms with Gasteiger partial charge in [0.05, 0.1) is 0 Å². The summed E-state index contributed by atoms with van der Waals surface area (Å²) in [6.07, 6.45) is 4.33. The molecule has 1 atom stereocenters. The first-order valence-electron chi connectivity index (χ1n) is 4.49. The minimum Gasteiger partial charge on any atom is -0.351 e. The maximum atomic E-state index is 3.22. The lowest BCUT2D eigenvalue weighted by Crippen LogP contribution is -2.11. The molecular formula is C10H18N2. The molecular weight excluding hydrogens is 148 g/mol. The second-order valence-corrected chi connectivity index (χ2v) is 3.50. The second kappa shape index (κ2) is 3.76. The van der Waals surface area contributed by atoms with E-state index in [1.807, 2.05) is 7.05 Å². The van der Waals surface area contributed by atoms with Crippen molar-refractivity contribution in [2.75, 3.05) is 7.05 Å². The first-order chi connectivity index (χ1) is 5.65. The summed E-state index contributed by atoms with van der Waals surface area (Å²) in [6.45, 7) is 6.54. The minimum atomic E-state index is 0.449. The molecule has 2 heteroatoms. The van der Waals surface area contributed by atoms with Gasteiger partial charge in [-0.05, 0) is 39.4 Å². The molecule has 1 rings (SSSR count). The Morgan fingerprint density at radius 2 is 2.00 bits per heavy atom. The summed E-state index contributed by atoms with van der Waals surface area (Å²) in [5.41, 5.74) is 1.35. The van der Waals surface area contributed by atoms with Gasteiger partial charge in [0.1, 0.15) is 0 Å². The molecule has 0 aliphatic rings. The highest BCUT2D eigenvalue weighted by molar-refractivity contribution is 5.14. The molecule has 1 aromatic heterocycles. The molecule has 0 amide bonds. The predicted molar refractivity (Wildman–Crippen MR) is 52.3 cm³/mol. The van der Waals surface area contributed by atoms with Gasteiger partial charge < -0.3 is 9.88 Å². The van der Waals surface area contributed by atoms with E-state index in [0.29, 0.717) is 12.1 Å². The van der Waals surface area contributed by atoms with Crippen LogP contribution in [0.3, 0.4) is 0 Å². The number of hydrogen-bond donors (Lipinski definition) is 1. The smallest absolute Gasteiger partial charge is 0.0304 e. The van der Waals surface area contributed by atoms with E-state index in [2.05, 4.69) is 49.1 Å². The third-order valence-electron chi connectivity index (χ3n) is 2.27. The van der Waals surface area contributed by atoms with Gasteiger partial charge in [0.15, 0.2) is 0 Å². The van der Waals surface area contributed by atoms with Crippen molar-refractivity contribution in [2.45, 2.75) is 32.9 Å². The van der Waals surface area contributed by atoms with Crippen molar-refractivity contribution < 1.29 is 0 Å². The summed E-state index contributed by atoms with van der Waals surface area (Å²) >= 11 is 0. The summed E-state index contributed by atoms with van der Waals surface area (Å²) in [7, 11) is 1.98. The van der Waals surface area contributed by atoms with Crippen LogP contribution >= 0.6 is 0 Å². The van der Waals surface area contributed by atoms with Crippen LogP contribution in [0.2, 0.25) is 0 Å². The van der Waals surface area contributed by atoms with Crippen molar-refractivity contribution in [1.29, 1.82) is 0 Å². The van der Waals surface area contributed by atoms with Crippen LogP contribution in [-0.4, -0.2) is 11.6 Å². The highest BCUT2D eigenvalue weighted by Crippen LogP contribution is 2.14. The van der Waals surface area contributed by atoms with Crippen LogP contribution in [0.5, 0.6) is 0 Å². The summed E-state index contributed by atoms with van der Waals surface area (Å²) in [6, 6.07) is 3.18. The van der Waals surface area contributed by atoms with E-state index in [1.165, 1.54) is 5.56 Å². The van der Waals surface area contributed by atoms with Crippen molar-refractivity contribution in [3.05, 3.63) is 24.0 Å². The molecule has 0 unspecified atom stereocenters. The Morgan fingerprint density at radius 3 is 2.42 bits per heavy atom. The minimum absolute atomic E-state index is 0.449. The van der Waals surface area contributed by atoms with Gasteiger partial charge >= 0.3 is 0 Å². The van der Waals surface area contributed by atoms with Gasteiger partial charge in [0.25, 0.3) is 0 Å². The fourth-order valence-electron chi connectivity index (χ4n) is 1.17. The average Bonchev–Trinajstić information content (AvgIpc) is 2.51.